The first-order valence-electron chi connectivity index (χ1n) is 7.98. The van der Waals surface area contributed by atoms with E-state index in [1.807, 2.05) is 12.3 Å². The van der Waals surface area contributed by atoms with E-state index in [9.17, 15) is 4.79 Å². The van der Waals surface area contributed by atoms with Gasteiger partial charge in [0.15, 0.2) is 6.54 Å². The molecule has 0 radical (unpaired) electrons. The summed E-state index contributed by atoms with van der Waals surface area (Å²) in [5.41, 5.74) is 2.44. The van der Waals surface area contributed by atoms with Crippen LogP contribution in [0.15, 0.2) is 30.5 Å². The Morgan fingerprint density at radius 1 is 1.19 bits per heavy atom. The molecule has 0 bridgehead atoms. The monoisotopic (exact) mass is 286 g/mol. The summed E-state index contributed by atoms with van der Waals surface area (Å²) in [5.74, 6) is 0.187. The molecule has 1 aromatic carbocycles. The van der Waals surface area contributed by atoms with Crippen molar-refractivity contribution in [2.45, 2.75) is 25.7 Å². The van der Waals surface area contributed by atoms with E-state index in [-0.39, 0.29) is 5.91 Å². The lowest BCUT2D eigenvalue weighted by Gasteiger charge is -2.22. The lowest BCUT2D eigenvalue weighted by atomic mass is 10.1. The fourth-order valence-corrected chi connectivity index (χ4v) is 3.19. The van der Waals surface area contributed by atoms with Crippen LogP contribution in [0.5, 0.6) is 0 Å². The van der Waals surface area contributed by atoms with E-state index >= 15 is 0 Å². The van der Waals surface area contributed by atoms with Gasteiger partial charge >= 0.3 is 0 Å². The number of hydrogen-bond acceptors (Lipinski definition) is 1. The standard InChI is InChI=1S/C17H23N3O/c21-17(13-20-10-4-1-5-11-20)18-9-8-14-12-19-16-7-3-2-6-15(14)16/h2-3,6-7,12,19H,1,4-5,8-11,13H2,(H,18,21)/p+1. The van der Waals surface area contributed by atoms with Gasteiger partial charge in [-0.2, -0.15) is 0 Å². The largest absolute Gasteiger partial charge is 0.361 e. The van der Waals surface area contributed by atoms with E-state index in [0.717, 1.165) is 25.0 Å². The van der Waals surface area contributed by atoms with E-state index in [4.69, 9.17) is 0 Å². The van der Waals surface area contributed by atoms with E-state index in [2.05, 4.69) is 28.5 Å². The molecule has 0 aliphatic carbocycles. The SMILES string of the molecule is O=C(C[NH+]1CCCCC1)NCCc1c[nH]c2ccccc12. The van der Waals surface area contributed by atoms with Crippen LogP contribution in [0, 0.1) is 0 Å². The number of benzene rings is 1. The van der Waals surface area contributed by atoms with Crippen LogP contribution in [0.2, 0.25) is 0 Å². The Hall–Kier alpha value is -1.81. The number of aromatic amines is 1. The molecule has 0 spiro atoms. The predicted molar refractivity (Wildman–Crippen MR) is 84.4 cm³/mol. The third-order valence-electron chi connectivity index (χ3n) is 4.36. The molecule has 1 aliphatic rings. The summed E-state index contributed by atoms with van der Waals surface area (Å²) in [4.78, 5) is 16.7. The molecule has 0 unspecified atom stereocenters. The third-order valence-corrected chi connectivity index (χ3v) is 4.36. The highest BCUT2D eigenvalue weighted by molar-refractivity contribution is 5.83. The van der Waals surface area contributed by atoms with E-state index in [0.29, 0.717) is 13.1 Å². The van der Waals surface area contributed by atoms with Gasteiger partial charge in [0, 0.05) is 23.6 Å². The normalized spacial score (nSPS) is 16.2. The average Bonchev–Trinajstić information content (AvgIpc) is 2.92. The zero-order valence-electron chi connectivity index (χ0n) is 12.5. The zero-order valence-corrected chi connectivity index (χ0v) is 12.5. The molecule has 1 aromatic heterocycles. The number of aromatic nitrogens is 1. The van der Waals surface area contributed by atoms with Crippen molar-refractivity contribution in [2.24, 2.45) is 0 Å². The number of nitrogens with one attached hydrogen (secondary N) is 3. The summed E-state index contributed by atoms with van der Waals surface area (Å²) in [6.45, 7) is 3.65. The molecule has 21 heavy (non-hydrogen) atoms. The number of rotatable bonds is 5. The van der Waals surface area contributed by atoms with Gasteiger partial charge in [-0.3, -0.25) is 4.79 Å². The van der Waals surface area contributed by atoms with Crippen molar-refractivity contribution < 1.29 is 9.69 Å². The van der Waals surface area contributed by atoms with E-state index < -0.39 is 0 Å². The second-order valence-corrected chi connectivity index (χ2v) is 5.95. The summed E-state index contributed by atoms with van der Waals surface area (Å²) in [6.07, 6.45) is 6.78. The van der Waals surface area contributed by atoms with E-state index in [1.165, 1.54) is 35.1 Å². The van der Waals surface area contributed by atoms with Crippen molar-refractivity contribution in [3.8, 4) is 0 Å². The Labute approximate surface area is 125 Å². The van der Waals surface area contributed by atoms with Crippen LogP contribution in [0.4, 0.5) is 0 Å². The molecule has 4 heteroatoms. The van der Waals surface area contributed by atoms with Gasteiger partial charge in [0.05, 0.1) is 13.1 Å². The first kappa shape index (κ1) is 14.1. The Morgan fingerprint density at radius 3 is 2.86 bits per heavy atom. The summed E-state index contributed by atoms with van der Waals surface area (Å²) < 4.78 is 0. The fourth-order valence-electron chi connectivity index (χ4n) is 3.19. The van der Waals surface area contributed by atoms with Crippen molar-refractivity contribution in [3.05, 3.63) is 36.0 Å². The molecule has 112 valence electrons. The van der Waals surface area contributed by atoms with Crippen molar-refractivity contribution >= 4 is 16.8 Å². The predicted octanol–water partition coefficient (Wildman–Crippen LogP) is 0.895. The number of para-hydroxylation sites is 1. The van der Waals surface area contributed by atoms with Gasteiger partial charge in [-0.25, -0.2) is 0 Å². The molecule has 0 saturated carbocycles. The van der Waals surface area contributed by atoms with Crippen molar-refractivity contribution in [1.82, 2.24) is 10.3 Å². The van der Waals surface area contributed by atoms with Crippen LogP contribution in [0.1, 0.15) is 24.8 Å². The smallest absolute Gasteiger partial charge is 0.275 e. The minimum absolute atomic E-state index is 0.187. The Balaban J connectivity index is 1.46. The van der Waals surface area contributed by atoms with Crippen LogP contribution < -0.4 is 10.2 Å². The quantitative estimate of drug-likeness (QED) is 0.751. The highest BCUT2D eigenvalue weighted by Gasteiger charge is 2.16. The fraction of sp³-hybridized carbons (Fsp3) is 0.471. The van der Waals surface area contributed by atoms with Gasteiger partial charge in [0.25, 0.3) is 5.91 Å². The molecule has 0 atom stereocenters. The maximum absolute atomic E-state index is 12.0. The van der Waals surface area contributed by atoms with Crippen molar-refractivity contribution in [1.29, 1.82) is 0 Å². The summed E-state index contributed by atoms with van der Waals surface area (Å²) in [5, 5.41) is 4.32. The summed E-state index contributed by atoms with van der Waals surface area (Å²) >= 11 is 0. The van der Waals surface area contributed by atoms with Gasteiger partial charge in [-0.15, -0.1) is 0 Å². The van der Waals surface area contributed by atoms with Crippen LogP contribution in [-0.2, 0) is 11.2 Å². The van der Waals surface area contributed by atoms with Crippen molar-refractivity contribution in [3.63, 3.8) is 0 Å². The Kier molecular flexibility index (Phi) is 4.55. The number of carbonyl (C=O) groups excluding carboxylic acids is 1. The number of carbonyl (C=O) groups is 1. The molecular formula is C17H24N3O+. The number of likely N-dealkylation sites (tertiary alicyclic amines) is 1. The lowest BCUT2D eigenvalue weighted by Crippen LogP contribution is -3.13. The maximum Gasteiger partial charge on any atom is 0.275 e. The first-order valence-corrected chi connectivity index (χ1v) is 7.98. The maximum atomic E-state index is 12.0. The van der Waals surface area contributed by atoms with Crippen LogP contribution in [-0.4, -0.2) is 37.1 Å². The first-order chi connectivity index (χ1) is 10.3. The topological polar surface area (TPSA) is 49.3 Å². The lowest BCUT2D eigenvalue weighted by molar-refractivity contribution is -0.896. The molecule has 3 rings (SSSR count). The summed E-state index contributed by atoms with van der Waals surface area (Å²) in [6, 6.07) is 8.29. The van der Waals surface area contributed by atoms with Gasteiger partial charge in [0.2, 0.25) is 0 Å². The molecule has 1 aliphatic heterocycles. The summed E-state index contributed by atoms with van der Waals surface area (Å²) in [7, 11) is 0. The number of quaternary nitrogens is 1. The van der Waals surface area contributed by atoms with Gasteiger partial charge in [-0.1, -0.05) is 18.2 Å². The molecular weight excluding hydrogens is 262 g/mol. The second-order valence-electron chi connectivity index (χ2n) is 5.95. The molecule has 2 heterocycles. The molecule has 3 N–H and O–H groups in total. The third kappa shape index (κ3) is 3.64. The van der Waals surface area contributed by atoms with Gasteiger partial charge in [-0.05, 0) is 37.3 Å². The van der Waals surface area contributed by atoms with Crippen LogP contribution >= 0.6 is 0 Å². The van der Waals surface area contributed by atoms with Crippen LogP contribution in [0.3, 0.4) is 0 Å². The zero-order chi connectivity index (χ0) is 14.5. The molecule has 2 aromatic rings. The Bertz CT molecular complexity index is 599. The number of hydrogen-bond donors (Lipinski definition) is 3. The number of piperidine rings is 1. The van der Waals surface area contributed by atoms with Crippen molar-refractivity contribution in [2.75, 3.05) is 26.2 Å². The van der Waals surface area contributed by atoms with Gasteiger partial charge in [0.1, 0.15) is 0 Å². The molecule has 1 saturated heterocycles. The minimum atomic E-state index is 0.187. The Morgan fingerprint density at radius 2 is 2.00 bits per heavy atom. The highest BCUT2D eigenvalue weighted by atomic mass is 16.2. The molecule has 1 amide bonds. The van der Waals surface area contributed by atoms with E-state index in [1.54, 1.807) is 0 Å². The highest BCUT2D eigenvalue weighted by Crippen LogP contribution is 2.17. The molecule has 4 nitrogen and oxygen atoms in total. The average molecular weight is 286 g/mol. The molecule has 1 fully saturated rings. The minimum Gasteiger partial charge on any atom is -0.361 e. The van der Waals surface area contributed by atoms with Gasteiger partial charge < -0.3 is 15.2 Å². The number of amides is 1. The number of fused-ring (bicyclic) bond motifs is 1. The second kappa shape index (κ2) is 6.76. The number of H-pyrrole nitrogens is 1. The van der Waals surface area contributed by atoms with Crippen LogP contribution in [0.25, 0.3) is 10.9 Å².